The van der Waals surface area contributed by atoms with E-state index in [1.54, 1.807) is 0 Å². The van der Waals surface area contributed by atoms with Crippen LogP contribution in [0.2, 0.25) is 0 Å². The third kappa shape index (κ3) is 5.42. The second-order valence-electron chi connectivity index (χ2n) is 6.75. The zero-order chi connectivity index (χ0) is 12.8. The zero-order valence-electron chi connectivity index (χ0n) is 12.6. The molecule has 1 heteroatoms. The lowest BCUT2D eigenvalue weighted by Gasteiger charge is -2.38. The van der Waals surface area contributed by atoms with E-state index in [9.17, 15) is 0 Å². The fourth-order valence-electron chi connectivity index (χ4n) is 3.65. The van der Waals surface area contributed by atoms with Crippen molar-refractivity contribution in [2.75, 3.05) is 0 Å². The van der Waals surface area contributed by atoms with E-state index in [0.29, 0.717) is 6.04 Å². The van der Waals surface area contributed by atoms with Gasteiger partial charge in [-0.05, 0) is 43.4 Å². The van der Waals surface area contributed by atoms with Crippen LogP contribution in [0.3, 0.4) is 0 Å². The van der Waals surface area contributed by atoms with Gasteiger partial charge < -0.3 is 5.32 Å². The Morgan fingerprint density at radius 1 is 1.06 bits per heavy atom. The van der Waals surface area contributed by atoms with Gasteiger partial charge in [-0.2, -0.15) is 0 Å². The SMILES string of the molecule is CCCCC(NC(C)C)C1CC(C)CC(C)C1. The summed E-state index contributed by atoms with van der Waals surface area (Å²) in [6.45, 7) is 11.8. The number of unbranched alkanes of at least 4 members (excludes halogenated alkanes) is 1. The van der Waals surface area contributed by atoms with E-state index >= 15 is 0 Å². The largest absolute Gasteiger partial charge is 0.312 e. The Balaban J connectivity index is 2.54. The molecule has 0 radical (unpaired) electrons. The summed E-state index contributed by atoms with van der Waals surface area (Å²) in [7, 11) is 0. The predicted octanol–water partition coefficient (Wildman–Crippen LogP) is 4.62. The summed E-state index contributed by atoms with van der Waals surface area (Å²) in [6, 6.07) is 1.39. The topological polar surface area (TPSA) is 12.0 Å². The van der Waals surface area contributed by atoms with Crippen molar-refractivity contribution in [3.8, 4) is 0 Å². The Morgan fingerprint density at radius 2 is 1.65 bits per heavy atom. The zero-order valence-corrected chi connectivity index (χ0v) is 12.6. The van der Waals surface area contributed by atoms with Crippen LogP contribution in [-0.4, -0.2) is 12.1 Å². The van der Waals surface area contributed by atoms with Crippen molar-refractivity contribution in [1.29, 1.82) is 0 Å². The molecule has 3 atom stereocenters. The summed E-state index contributed by atoms with van der Waals surface area (Å²) in [5, 5.41) is 3.83. The molecule has 0 spiro atoms. The molecule has 1 nitrogen and oxygen atoms in total. The average molecular weight is 239 g/mol. The smallest absolute Gasteiger partial charge is 0.00978 e. The lowest BCUT2D eigenvalue weighted by molar-refractivity contribution is 0.164. The van der Waals surface area contributed by atoms with Crippen LogP contribution in [-0.2, 0) is 0 Å². The van der Waals surface area contributed by atoms with E-state index in [0.717, 1.165) is 23.8 Å². The van der Waals surface area contributed by atoms with Gasteiger partial charge in [0.05, 0.1) is 0 Å². The van der Waals surface area contributed by atoms with Crippen LogP contribution >= 0.6 is 0 Å². The summed E-state index contributed by atoms with van der Waals surface area (Å²) in [5.41, 5.74) is 0. The van der Waals surface area contributed by atoms with Crippen molar-refractivity contribution in [3.05, 3.63) is 0 Å². The first kappa shape index (κ1) is 15.0. The van der Waals surface area contributed by atoms with Gasteiger partial charge in [-0.3, -0.25) is 0 Å². The molecule has 0 aromatic carbocycles. The molecule has 0 saturated heterocycles. The normalized spacial score (nSPS) is 31.8. The molecule has 0 amide bonds. The molecule has 0 aromatic rings. The molecule has 1 rings (SSSR count). The van der Waals surface area contributed by atoms with Crippen LogP contribution in [0.1, 0.15) is 73.1 Å². The predicted molar refractivity (Wildman–Crippen MR) is 77.3 cm³/mol. The summed E-state index contributed by atoms with van der Waals surface area (Å²) >= 11 is 0. The minimum Gasteiger partial charge on any atom is -0.312 e. The van der Waals surface area contributed by atoms with Gasteiger partial charge in [0, 0.05) is 12.1 Å². The van der Waals surface area contributed by atoms with Crippen LogP contribution in [0.25, 0.3) is 0 Å². The van der Waals surface area contributed by atoms with Gasteiger partial charge in [-0.25, -0.2) is 0 Å². The number of rotatable bonds is 6. The minimum absolute atomic E-state index is 0.629. The summed E-state index contributed by atoms with van der Waals surface area (Å²) in [4.78, 5) is 0. The third-order valence-electron chi connectivity index (χ3n) is 4.20. The van der Waals surface area contributed by atoms with Crippen molar-refractivity contribution in [3.63, 3.8) is 0 Å². The maximum atomic E-state index is 3.83. The Labute approximate surface area is 109 Å². The summed E-state index contributed by atoms with van der Waals surface area (Å²) in [5.74, 6) is 2.78. The van der Waals surface area contributed by atoms with Gasteiger partial charge in [-0.15, -0.1) is 0 Å². The molecular weight excluding hydrogens is 206 g/mol. The molecule has 1 N–H and O–H groups in total. The van der Waals surface area contributed by atoms with Crippen LogP contribution in [0.4, 0.5) is 0 Å². The maximum absolute atomic E-state index is 3.83. The first-order valence-electron chi connectivity index (χ1n) is 7.78. The van der Waals surface area contributed by atoms with Crippen LogP contribution < -0.4 is 5.32 Å². The lowest BCUT2D eigenvalue weighted by Crippen LogP contribution is -2.43. The number of nitrogens with one attached hydrogen (secondary N) is 1. The fourth-order valence-corrected chi connectivity index (χ4v) is 3.65. The van der Waals surface area contributed by atoms with E-state index in [4.69, 9.17) is 0 Å². The van der Waals surface area contributed by atoms with Crippen molar-refractivity contribution in [2.24, 2.45) is 17.8 Å². The molecule has 0 aliphatic heterocycles. The lowest BCUT2D eigenvalue weighted by atomic mass is 9.73. The molecule has 1 saturated carbocycles. The van der Waals surface area contributed by atoms with Crippen molar-refractivity contribution < 1.29 is 0 Å². The molecule has 1 aliphatic rings. The first-order valence-corrected chi connectivity index (χ1v) is 7.78. The monoisotopic (exact) mass is 239 g/mol. The summed E-state index contributed by atoms with van der Waals surface area (Å²) in [6.07, 6.45) is 8.41. The first-order chi connectivity index (χ1) is 8.02. The Morgan fingerprint density at radius 3 is 2.12 bits per heavy atom. The standard InChI is InChI=1S/C16H33N/c1-6-7-8-16(17-12(2)3)15-10-13(4)9-14(5)11-15/h12-17H,6-11H2,1-5H3. The highest BCUT2D eigenvalue weighted by Crippen LogP contribution is 2.35. The fraction of sp³-hybridized carbons (Fsp3) is 1.00. The van der Waals surface area contributed by atoms with Gasteiger partial charge in [0.15, 0.2) is 0 Å². The highest BCUT2D eigenvalue weighted by molar-refractivity contribution is 4.84. The molecule has 1 aliphatic carbocycles. The number of hydrogen-bond acceptors (Lipinski definition) is 1. The molecule has 102 valence electrons. The Kier molecular flexibility index (Phi) is 6.54. The molecule has 1 fully saturated rings. The van der Waals surface area contributed by atoms with Gasteiger partial charge in [-0.1, -0.05) is 47.5 Å². The maximum Gasteiger partial charge on any atom is 0.00978 e. The van der Waals surface area contributed by atoms with E-state index in [1.165, 1.54) is 38.5 Å². The third-order valence-corrected chi connectivity index (χ3v) is 4.20. The molecule has 17 heavy (non-hydrogen) atoms. The second kappa shape index (κ2) is 7.41. The quantitative estimate of drug-likeness (QED) is 0.713. The van der Waals surface area contributed by atoms with Crippen LogP contribution in [0.15, 0.2) is 0 Å². The molecule has 0 aromatic heterocycles. The second-order valence-corrected chi connectivity index (χ2v) is 6.75. The molecule has 0 heterocycles. The Hall–Kier alpha value is -0.0400. The van der Waals surface area contributed by atoms with Crippen molar-refractivity contribution in [1.82, 2.24) is 5.32 Å². The highest BCUT2D eigenvalue weighted by Gasteiger charge is 2.29. The van der Waals surface area contributed by atoms with Gasteiger partial charge in [0.2, 0.25) is 0 Å². The van der Waals surface area contributed by atoms with E-state index in [-0.39, 0.29) is 0 Å². The van der Waals surface area contributed by atoms with E-state index < -0.39 is 0 Å². The molecule has 3 unspecified atom stereocenters. The molecule has 0 bridgehead atoms. The highest BCUT2D eigenvalue weighted by atomic mass is 14.9. The van der Waals surface area contributed by atoms with E-state index in [1.807, 2.05) is 0 Å². The minimum atomic E-state index is 0.629. The van der Waals surface area contributed by atoms with Gasteiger partial charge in [0.1, 0.15) is 0 Å². The van der Waals surface area contributed by atoms with Crippen LogP contribution in [0.5, 0.6) is 0 Å². The average Bonchev–Trinajstić information content (AvgIpc) is 2.22. The summed E-state index contributed by atoms with van der Waals surface area (Å²) < 4.78 is 0. The molecular formula is C16H33N. The van der Waals surface area contributed by atoms with Crippen LogP contribution in [0, 0.1) is 17.8 Å². The number of hydrogen-bond donors (Lipinski definition) is 1. The van der Waals surface area contributed by atoms with Crippen molar-refractivity contribution in [2.45, 2.75) is 85.2 Å². The van der Waals surface area contributed by atoms with Crippen molar-refractivity contribution >= 4 is 0 Å². The Bertz CT molecular complexity index is 190. The van der Waals surface area contributed by atoms with Gasteiger partial charge in [0.25, 0.3) is 0 Å². The van der Waals surface area contributed by atoms with Gasteiger partial charge >= 0.3 is 0 Å². The van der Waals surface area contributed by atoms with E-state index in [2.05, 4.69) is 39.9 Å².